The van der Waals surface area contributed by atoms with E-state index < -0.39 is 10.0 Å². The Balaban J connectivity index is 1.56. The van der Waals surface area contributed by atoms with Gasteiger partial charge in [0.25, 0.3) is 0 Å². The monoisotopic (exact) mass is 464 g/mol. The van der Waals surface area contributed by atoms with Crippen molar-refractivity contribution in [1.29, 1.82) is 0 Å². The summed E-state index contributed by atoms with van der Waals surface area (Å²) in [6.07, 6.45) is 0.992. The lowest BCUT2D eigenvalue weighted by atomic mass is 10.2. The van der Waals surface area contributed by atoms with Crippen LogP contribution >= 0.6 is 11.6 Å². The number of halogens is 1. The number of nitrogens with one attached hydrogen (secondary N) is 1. The minimum Gasteiger partial charge on any atom is -0.325 e. The minimum atomic E-state index is -3.70. The fourth-order valence-corrected chi connectivity index (χ4v) is 4.96. The number of carbonyl (C=O) groups is 1. The molecule has 0 aromatic heterocycles. The molecule has 0 saturated carbocycles. The van der Waals surface area contributed by atoms with Crippen molar-refractivity contribution >= 4 is 33.2 Å². The Labute approximate surface area is 189 Å². The summed E-state index contributed by atoms with van der Waals surface area (Å²) < 4.78 is 25.9. The molecule has 1 saturated heterocycles. The molecule has 1 aliphatic rings. The van der Waals surface area contributed by atoms with Crippen LogP contribution in [0, 0.1) is 0 Å². The highest BCUT2D eigenvalue weighted by atomic mass is 35.5. The number of sulfonamides is 1. The maximum atomic E-state index is 12.6. The molecule has 1 amide bonds. The summed E-state index contributed by atoms with van der Waals surface area (Å²) in [7, 11) is -0.812. The van der Waals surface area contributed by atoms with Crippen molar-refractivity contribution in [2.45, 2.75) is 17.9 Å². The molecule has 1 fully saturated rings. The Kier molecular flexibility index (Phi) is 8.07. The molecule has 168 valence electrons. The zero-order valence-corrected chi connectivity index (χ0v) is 19.5. The molecule has 1 heterocycles. The third kappa shape index (κ3) is 6.51. The smallest absolute Gasteiger partial charge is 0.244 e. The zero-order chi connectivity index (χ0) is 22.4. The summed E-state index contributed by atoms with van der Waals surface area (Å²) in [4.78, 5) is 17.1. The first kappa shape index (κ1) is 23.7. The molecule has 7 nitrogen and oxygen atoms in total. The van der Waals surface area contributed by atoms with Gasteiger partial charge in [-0.3, -0.25) is 14.6 Å². The summed E-state index contributed by atoms with van der Waals surface area (Å²) in [6, 6.07) is 14.9. The van der Waals surface area contributed by atoms with Crippen molar-refractivity contribution in [3.8, 4) is 0 Å². The molecule has 2 aromatic carbocycles. The number of hydrogen-bond acceptors (Lipinski definition) is 5. The van der Waals surface area contributed by atoms with E-state index in [1.165, 1.54) is 31.8 Å². The Morgan fingerprint density at radius 3 is 2.42 bits per heavy atom. The van der Waals surface area contributed by atoms with Gasteiger partial charge in [-0.05, 0) is 43.3 Å². The zero-order valence-electron chi connectivity index (χ0n) is 17.9. The maximum Gasteiger partial charge on any atom is 0.244 e. The van der Waals surface area contributed by atoms with Crippen LogP contribution in [0.4, 0.5) is 5.69 Å². The third-order valence-corrected chi connectivity index (χ3v) is 7.57. The van der Waals surface area contributed by atoms with Crippen LogP contribution in [0.25, 0.3) is 0 Å². The van der Waals surface area contributed by atoms with E-state index in [1.807, 2.05) is 6.07 Å². The number of amides is 1. The van der Waals surface area contributed by atoms with Crippen LogP contribution in [0.5, 0.6) is 0 Å². The molecule has 9 heteroatoms. The number of nitrogens with zero attached hydrogens (tertiary/aromatic N) is 3. The lowest BCUT2D eigenvalue weighted by Crippen LogP contribution is -2.36. The number of carbonyl (C=O) groups excluding carboxylic acids is 1. The van der Waals surface area contributed by atoms with E-state index in [2.05, 4.69) is 39.4 Å². The summed E-state index contributed by atoms with van der Waals surface area (Å²) in [5, 5.41) is 2.93. The van der Waals surface area contributed by atoms with Crippen molar-refractivity contribution in [3.05, 3.63) is 59.1 Å². The van der Waals surface area contributed by atoms with Crippen LogP contribution in [0.1, 0.15) is 12.0 Å². The highest BCUT2D eigenvalue weighted by molar-refractivity contribution is 7.89. The predicted octanol–water partition coefficient (Wildman–Crippen LogP) is 2.74. The first-order valence-electron chi connectivity index (χ1n) is 10.3. The number of benzene rings is 2. The molecule has 0 unspecified atom stereocenters. The van der Waals surface area contributed by atoms with Crippen LogP contribution in [0.3, 0.4) is 0 Å². The Hall–Kier alpha value is -1.97. The van der Waals surface area contributed by atoms with Gasteiger partial charge < -0.3 is 5.32 Å². The van der Waals surface area contributed by atoms with E-state index in [1.54, 1.807) is 6.07 Å². The second-order valence-electron chi connectivity index (χ2n) is 7.87. The van der Waals surface area contributed by atoms with Crippen molar-refractivity contribution < 1.29 is 13.2 Å². The normalized spacial score (nSPS) is 16.3. The first-order chi connectivity index (χ1) is 14.8. The molecule has 3 rings (SSSR count). The molecular formula is C22H29ClN4O3S. The highest BCUT2D eigenvalue weighted by Crippen LogP contribution is 2.26. The molecule has 0 aliphatic carbocycles. The average Bonchev–Trinajstić information content (AvgIpc) is 2.95. The van der Waals surface area contributed by atoms with Gasteiger partial charge in [-0.25, -0.2) is 12.7 Å². The number of anilines is 1. The van der Waals surface area contributed by atoms with Gasteiger partial charge in [-0.1, -0.05) is 41.9 Å². The van der Waals surface area contributed by atoms with E-state index in [0.717, 1.165) is 43.4 Å². The molecule has 2 aromatic rings. The Morgan fingerprint density at radius 1 is 1.03 bits per heavy atom. The predicted molar refractivity (Wildman–Crippen MR) is 124 cm³/mol. The minimum absolute atomic E-state index is 0.0247. The Morgan fingerprint density at radius 2 is 1.71 bits per heavy atom. The lowest BCUT2D eigenvalue weighted by molar-refractivity contribution is -0.117. The highest BCUT2D eigenvalue weighted by Gasteiger charge is 2.22. The van der Waals surface area contributed by atoms with E-state index in [0.29, 0.717) is 5.69 Å². The third-order valence-electron chi connectivity index (χ3n) is 5.27. The van der Waals surface area contributed by atoms with Crippen LogP contribution in [0.2, 0.25) is 5.02 Å². The van der Waals surface area contributed by atoms with Gasteiger partial charge in [0.05, 0.1) is 11.6 Å². The van der Waals surface area contributed by atoms with Crippen LogP contribution < -0.4 is 5.32 Å². The standard InChI is InChI=1S/C22H29ClN4O3S/c1-25(2)31(29,30)21-15-19(9-10-20(21)23)24-22(28)17-27-12-6-11-26(13-14-27)16-18-7-4-3-5-8-18/h3-5,7-10,15H,6,11-14,16-17H2,1-2H3,(H,24,28). The molecule has 0 atom stereocenters. The summed E-state index contributed by atoms with van der Waals surface area (Å²) in [6.45, 7) is 4.72. The van der Waals surface area contributed by atoms with Gasteiger partial charge in [0.2, 0.25) is 15.9 Å². The second kappa shape index (κ2) is 10.6. The van der Waals surface area contributed by atoms with Crippen LogP contribution in [-0.4, -0.2) is 75.2 Å². The fourth-order valence-electron chi connectivity index (χ4n) is 3.56. The van der Waals surface area contributed by atoms with E-state index in [4.69, 9.17) is 11.6 Å². The van der Waals surface area contributed by atoms with Gasteiger partial charge in [0.15, 0.2) is 0 Å². The van der Waals surface area contributed by atoms with Crippen LogP contribution in [-0.2, 0) is 21.4 Å². The van der Waals surface area contributed by atoms with Gasteiger partial charge in [0, 0.05) is 39.4 Å². The van der Waals surface area contributed by atoms with E-state index >= 15 is 0 Å². The number of rotatable bonds is 7. The van der Waals surface area contributed by atoms with Crippen molar-refractivity contribution in [1.82, 2.24) is 14.1 Å². The summed E-state index contributed by atoms with van der Waals surface area (Å²) >= 11 is 6.08. The van der Waals surface area contributed by atoms with E-state index in [-0.39, 0.29) is 22.4 Å². The quantitative estimate of drug-likeness (QED) is 0.682. The first-order valence-corrected chi connectivity index (χ1v) is 12.1. The van der Waals surface area contributed by atoms with Crippen molar-refractivity contribution in [2.75, 3.05) is 52.1 Å². The average molecular weight is 465 g/mol. The molecular weight excluding hydrogens is 436 g/mol. The van der Waals surface area contributed by atoms with Crippen molar-refractivity contribution in [2.24, 2.45) is 0 Å². The van der Waals surface area contributed by atoms with Gasteiger partial charge >= 0.3 is 0 Å². The summed E-state index contributed by atoms with van der Waals surface area (Å²) in [5.74, 6) is -0.174. The molecule has 0 spiro atoms. The fraction of sp³-hybridized carbons (Fsp3) is 0.409. The molecule has 0 bridgehead atoms. The second-order valence-corrected chi connectivity index (χ2v) is 10.4. The largest absolute Gasteiger partial charge is 0.325 e. The molecule has 1 N–H and O–H groups in total. The number of hydrogen-bond donors (Lipinski definition) is 1. The Bertz CT molecular complexity index is 999. The molecule has 1 aliphatic heterocycles. The van der Waals surface area contributed by atoms with Gasteiger partial charge in [-0.15, -0.1) is 0 Å². The molecule has 31 heavy (non-hydrogen) atoms. The molecule has 0 radical (unpaired) electrons. The van der Waals surface area contributed by atoms with E-state index in [9.17, 15) is 13.2 Å². The van der Waals surface area contributed by atoms with Crippen LogP contribution in [0.15, 0.2) is 53.4 Å². The topological polar surface area (TPSA) is 73.0 Å². The lowest BCUT2D eigenvalue weighted by Gasteiger charge is -2.21. The van der Waals surface area contributed by atoms with Gasteiger partial charge in [-0.2, -0.15) is 0 Å². The van der Waals surface area contributed by atoms with Crippen molar-refractivity contribution in [3.63, 3.8) is 0 Å². The summed E-state index contributed by atoms with van der Waals surface area (Å²) in [5.41, 5.74) is 1.70. The maximum absolute atomic E-state index is 12.6. The SMILES string of the molecule is CN(C)S(=O)(=O)c1cc(NC(=O)CN2CCCN(Cc3ccccc3)CC2)ccc1Cl. The van der Waals surface area contributed by atoms with Gasteiger partial charge in [0.1, 0.15) is 4.90 Å².